The summed E-state index contributed by atoms with van der Waals surface area (Å²) in [6, 6.07) is 0. The van der Waals surface area contributed by atoms with Crippen molar-refractivity contribution in [3.63, 3.8) is 0 Å². The molecular formula is C17H32N2O2. The van der Waals surface area contributed by atoms with E-state index in [1.54, 1.807) is 7.05 Å². The zero-order chi connectivity index (χ0) is 15.5. The summed E-state index contributed by atoms with van der Waals surface area (Å²) in [6.45, 7) is 8.09. The molecule has 0 amide bonds. The molecule has 0 aromatic carbocycles. The van der Waals surface area contributed by atoms with E-state index in [4.69, 9.17) is 0 Å². The van der Waals surface area contributed by atoms with Crippen molar-refractivity contribution in [1.29, 1.82) is 0 Å². The SMILES string of the molecule is CNC1(C(=O)O)CCCC1CCN1CCC(C(C)C)CC1. The Kier molecular flexibility index (Phi) is 5.67. The first-order chi connectivity index (χ1) is 9.99. The number of nitrogens with one attached hydrogen (secondary N) is 1. The normalized spacial score (nSPS) is 31.9. The predicted molar refractivity (Wildman–Crippen MR) is 85.4 cm³/mol. The second-order valence-electron chi connectivity index (χ2n) is 7.33. The van der Waals surface area contributed by atoms with E-state index in [1.165, 1.54) is 25.9 Å². The summed E-state index contributed by atoms with van der Waals surface area (Å²) < 4.78 is 0. The van der Waals surface area contributed by atoms with Crippen LogP contribution in [0.2, 0.25) is 0 Å². The molecule has 1 saturated carbocycles. The molecule has 2 rings (SSSR count). The minimum absolute atomic E-state index is 0.280. The summed E-state index contributed by atoms with van der Waals surface area (Å²) in [5.41, 5.74) is -0.670. The molecule has 1 aliphatic heterocycles. The molecule has 2 fully saturated rings. The van der Waals surface area contributed by atoms with Gasteiger partial charge in [0.25, 0.3) is 0 Å². The molecule has 4 nitrogen and oxygen atoms in total. The third kappa shape index (κ3) is 3.59. The van der Waals surface area contributed by atoms with Crippen LogP contribution in [0.15, 0.2) is 0 Å². The summed E-state index contributed by atoms with van der Waals surface area (Å²) >= 11 is 0. The van der Waals surface area contributed by atoms with Crippen LogP contribution >= 0.6 is 0 Å². The second kappa shape index (κ2) is 7.10. The van der Waals surface area contributed by atoms with Crippen LogP contribution in [0, 0.1) is 17.8 Å². The molecule has 122 valence electrons. The zero-order valence-electron chi connectivity index (χ0n) is 13.9. The Bertz CT molecular complexity index is 351. The van der Waals surface area contributed by atoms with Crippen LogP contribution < -0.4 is 5.32 Å². The van der Waals surface area contributed by atoms with Gasteiger partial charge < -0.3 is 15.3 Å². The molecule has 0 bridgehead atoms. The largest absolute Gasteiger partial charge is 0.480 e. The number of piperidine rings is 1. The van der Waals surface area contributed by atoms with Crippen molar-refractivity contribution in [2.45, 2.75) is 57.9 Å². The Labute approximate surface area is 129 Å². The van der Waals surface area contributed by atoms with Crippen LogP contribution in [-0.4, -0.2) is 48.2 Å². The average Bonchev–Trinajstić information content (AvgIpc) is 2.89. The molecule has 0 aromatic heterocycles. The van der Waals surface area contributed by atoms with E-state index in [-0.39, 0.29) is 5.92 Å². The van der Waals surface area contributed by atoms with E-state index in [0.717, 1.165) is 44.1 Å². The zero-order valence-corrected chi connectivity index (χ0v) is 13.9. The van der Waals surface area contributed by atoms with Crippen LogP contribution in [-0.2, 0) is 4.79 Å². The first kappa shape index (κ1) is 16.8. The number of hydrogen-bond donors (Lipinski definition) is 2. The smallest absolute Gasteiger partial charge is 0.324 e. The molecule has 0 radical (unpaired) electrons. The highest BCUT2D eigenvalue weighted by Gasteiger charge is 2.47. The minimum atomic E-state index is -0.670. The Morgan fingerprint density at radius 1 is 1.33 bits per heavy atom. The van der Waals surface area contributed by atoms with Gasteiger partial charge in [-0.1, -0.05) is 20.3 Å². The lowest BCUT2D eigenvalue weighted by atomic mass is 9.83. The molecule has 2 unspecified atom stereocenters. The monoisotopic (exact) mass is 296 g/mol. The standard InChI is InChI=1S/C17H32N2O2/c1-13(2)14-6-10-19(11-7-14)12-8-15-5-4-9-17(15,18-3)16(20)21/h13-15,18H,4-12H2,1-3H3,(H,20,21). The number of rotatable bonds is 6. The van der Waals surface area contributed by atoms with Gasteiger partial charge in [0, 0.05) is 0 Å². The topological polar surface area (TPSA) is 52.6 Å². The van der Waals surface area contributed by atoms with Crippen molar-refractivity contribution < 1.29 is 9.90 Å². The van der Waals surface area contributed by atoms with Crippen molar-refractivity contribution in [2.75, 3.05) is 26.7 Å². The highest BCUT2D eigenvalue weighted by Crippen LogP contribution is 2.38. The summed E-state index contributed by atoms with van der Waals surface area (Å²) in [6.07, 6.45) is 6.48. The van der Waals surface area contributed by atoms with E-state index in [0.29, 0.717) is 0 Å². The molecule has 0 aromatic rings. The van der Waals surface area contributed by atoms with Gasteiger partial charge in [-0.25, -0.2) is 0 Å². The third-order valence-corrected chi connectivity index (χ3v) is 6.02. The number of carboxylic acid groups (broad SMARTS) is 1. The lowest BCUT2D eigenvalue weighted by Gasteiger charge is -2.36. The van der Waals surface area contributed by atoms with Crippen molar-refractivity contribution in [3.8, 4) is 0 Å². The third-order valence-electron chi connectivity index (χ3n) is 6.02. The van der Waals surface area contributed by atoms with Crippen molar-refractivity contribution in [2.24, 2.45) is 17.8 Å². The van der Waals surface area contributed by atoms with Gasteiger partial charge in [-0.05, 0) is 76.5 Å². The molecule has 21 heavy (non-hydrogen) atoms. The maximum absolute atomic E-state index is 11.7. The lowest BCUT2D eigenvalue weighted by molar-refractivity contribution is -0.146. The van der Waals surface area contributed by atoms with Crippen LogP contribution in [0.25, 0.3) is 0 Å². The molecule has 2 N–H and O–H groups in total. The van der Waals surface area contributed by atoms with Gasteiger partial charge in [-0.2, -0.15) is 0 Å². The van der Waals surface area contributed by atoms with E-state index >= 15 is 0 Å². The molecule has 2 aliphatic rings. The number of carbonyl (C=O) groups is 1. The molecule has 1 heterocycles. The number of hydrogen-bond acceptors (Lipinski definition) is 3. The predicted octanol–water partition coefficient (Wildman–Crippen LogP) is 2.59. The first-order valence-electron chi connectivity index (χ1n) is 8.64. The molecule has 0 spiro atoms. The molecule has 1 aliphatic carbocycles. The Morgan fingerprint density at radius 2 is 2.00 bits per heavy atom. The maximum atomic E-state index is 11.7. The van der Waals surface area contributed by atoms with Gasteiger partial charge in [-0.15, -0.1) is 0 Å². The van der Waals surface area contributed by atoms with Crippen LogP contribution in [0.3, 0.4) is 0 Å². The lowest BCUT2D eigenvalue weighted by Crippen LogP contribution is -2.53. The summed E-state index contributed by atoms with van der Waals surface area (Å²) in [4.78, 5) is 14.2. The summed E-state index contributed by atoms with van der Waals surface area (Å²) in [5, 5.41) is 12.7. The van der Waals surface area contributed by atoms with Gasteiger partial charge in [0.05, 0.1) is 0 Å². The number of likely N-dealkylation sites (N-methyl/N-ethyl adjacent to an activating group) is 1. The van der Waals surface area contributed by atoms with Crippen LogP contribution in [0.5, 0.6) is 0 Å². The average molecular weight is 296 g/mol. The van der Waals surface area contributed by atoms with Gasteiger partial charge in [0.2, 0.25) is 0 Å². The molecule has 1 saturated heterocycles. The Hall–Kier alpha value is -0.610. The first-order valence-corrected chi connectivity index (χ1v) is 8.64. The minimum Gasteiger partial charge on any atom is -0.480 e. The van der Waals surface area contributed by atoms with E-state index in [1.807, 2.05) is 0 Å². The van der Waals surface area contributed by atoms with Gasteiger partial charge in [-0.3, -0.25) is 4.79 Å². The van der Waals surface area contributed by atoms with Crippen molar-refractivity contribution in [3.05, 3.63) is 0 Å². The number of aliphatic carboxylic acids is 1. The fraction of sp³-hybridized carbons (Fsp3) is 0.941. The quantitative estimate of drug-likeness (QED) is 0.791. The highest BCUT2D eigenvalue weighted by atomic mass is 16.4. The van der Waals surface area contributed by atoms with Crippen LogP contribution in [0.4, 0.5) is 0 Å². The fourth-order valence-corrected chi connectivity index (χ4v) is 4.37. The molecule has 4 heteroatoms. The summed E-state index contributed by atoms with van der Waals surface area (Å²) in [7, 11) is 1.81. The second-order valence-corrected chi connectivity index (χ2v) is 7.33. The fourth-order valence-electron chi connectivity index (χ4n) is 4.37. The maximum Gasteiger partial charge on any atom is 0.324 e. The molecular weight excluding hydrogens is 264 g/mol. The van der Waals surface area contributed by atoms with E-state index in [9.17, 15) is 9.90 Å². The van der Waals surface area contributed by atoms with Crippen LogP contribution in [0.1, 0.15) is 52.4 Å². The molecule has 2 atom stereocenters. The number of carboxylic acids is 1. The van der Waals surface area contributed by atoms with Gasteiger partial charge in [0.1, 0.15) is 5.54 Å². The van der Waals surface area contributed by atoms with Crippen molar-refractivity contribution in [1.82, 2.24) is 10.2 Å². The highest BCUT2D eigenvalue weighted by molar-refractivity contribution is 5.79. The van der Waals surface area contributed by atoms with Gasteiger partial charge >= 0.3 is 5.97 Å². The summed E-state index contributed by atoms with van der Waals surface area (Å²) in [5.74, 6) is 1.29. The number of nitrogens with zero attached hydrogens (tertiary/aromatic N) is 1. The Balaban J connectivity index is 1.82. The Morgan fingerprint density at radius 3 is 2.52 bits per heavy atom. The van der Waals surface area contributed by atoms with Crippen molar-refractivity contribution >= 4 is 5.97 Å². The van der Waals surface area contributed by atoms with E-state index < -0.39 is 11.5 Å². The number of likely N-dealkylation sites (tertiary alicyclic amines) is 1. The van der Waals surface area contributed by atoms with E-state index in [2.05, 4.69) is 24.1 Å². The van der Waals surface area contributed by atoms with Gasteiger partial charge in [0.15, 0.2) is 0 Å².